The Morgan fingerprint density at radius 2 is 2.24 bits per heavy atom. The topological polar surface area (TPSA) is 45.1 Å². The van der Waals surface area contributed by atoms with Gasteiger partial charge in [-0.1, -0.05) is 46.6 Å². The van der Waals surface area contributed by atoms with Crippen LogP contribution in [-0.4, -0.2) is 50.8 Å². The van der Waals surface area contributed by atoms with Gasteiger partial charge in [-0.3, -0.25) is 0 Å². The summed E-state index contributed by atoms with van der Waals surface area (Å²) in [5.41, 5.74) is -1.76. The molecule has 0 spiro atoms. The van der Waals surface area contributed by atoms with E-state index in [1.807, 2.05) is 25.1 Å². The minimum atomic E-state index is -1.88. The number of aliphatic hydroxyl groups is 1. The molecule has 0 bridgehead atoms. The van der Waals surface area contributed by atoms with Gasteiger partial charge in [-0.2, -0.15) is 0 Å². The van der Waals surface area contributed by atoms with Crippen LogP contribution in [0.25, 0.3) is 0 Å². The number of aliphatic imine (C=N–C) groups is 1. The molecule has 0 fully saturated rings. The molecule has 0 radical (unpaired) electrons. The first kappa shape index (κ1) is 15.7. The first-order valence-electron chi connectivity index (χ1n) is 5.02. The first-order chi connectivity index (χ1) is 7.75. The number of nitrogens with zero attached hydrogens (tertiary/aromatic N) is 2. The molecule has 4 nitrogen and oxygen atoms in total. The Kier molecular flexibility index (Phi) is 5.27. The molecule has 0 aromatic carbocycles. The van der Waals surface area contributed by atoms with Gasteiger partial charge in [0.2, 0.25) is 9.52 Å². The van der Waals surface area contributed by atoms with Crippen molar-refractivity contribution in [3.63, 3.8) is 0 Å². The molecule has 0 aromatic rings. The zero-order valence-electron chi connectivity index (χ0n) is 9.78. The van der Waals surface area contributed by atoms with Crippen molar-refractivity contribution in [2.45, 2.75) is 29.1 Å². The molecular weight excluding hydrogens is 307 g/mol. The maximum atomic E-state index is 10.3. The van der Waals surface area contributed by atoms with Gasteiger partial charge < -0.3 is 14.7 Å². The minimum Gasteiger partial charge on any atom is -0.366 e. The van der Waals surface area contributed by atoms with Gasteiger partial charge in [0.1, 0.15) is 6.23 Å². The molecule has 8 heteroatoms. The third kappa shape index (κ3) is 3.33. The minimum absolute atomic E-state index is 0.109. The van der Waals surface area contributed by atoms with Gasteiger partial charge in [-0.25, -0.2) is 4.99 Å². The summed E-state index contributed by atoms with van der Waals surface area (Å²) in [6.07, 6.45) is 1.58. The van der Waals surface area contributed by atoms with E-state index in [1.54, 1.807) is 0 Å². The van der Waals surface area contributed by atoms with E-state index < -0.39 is 9.52 Å². The van der Waals surface area contributed by atoms with E-state index in [2.05, 4.69) is 4.99 Å². The molecule has 0 saturated carbocycles. The Morgan fingerprint density at radius 1 is 1.65 bits per heavy atom. The second-order valence-corrected chi connectivity index (χ2v) is 6.69. The van der Waals surface area contributed by atoms with Gasteiger partial charge >= 0.3 is 0 Å². The van der Waals surface area contributed by atoms with Crippen molar-refractivity contribution in [1.29, 1.82) is 0 Å². The SMILES string of the molecule is CCOC1CC(O)(C(Cl)(Cl)Cl)N=C(SC)N1C. The summed E-state index contributed by atoms with van der Waals surface area (Å²) in [6.45, 7) is 2.37. The number of rotatable bonds is 2. The van der Waals surface area contributed by atoms with Crippen LogP contribution in [0.3, 0.4) is 0 Å². The highest BCUT2D eigenvalue weighted by Crippen LogP contribution is 2.45. The lowest BCUT2D eigenvalue weighted by Gasteiger charge is -2.42. The van der Waals surface area contributed by atoms with Gasteiger partial charge in [0, 0.05) is 20.1 Å². The number of ether oxygens (including phenoxy) is 1. The normalized spacial score (nSPS) is 30.4. The number of alkyl halides is 3. The highest BCUT2D eigenvalue weighted by molar-refractivity contribution is 8.13. The average Bonchev–Trinajstić information content (AvgIpc) is 2.22. The van der Waals surface area contributed by atoms with Crippen LogP contribution in [0, 0.1) is 0 Å². The fraction of sp³-hybridized carbons (Fsp3) is 0.889. The number of amidine groups is 1. The summed E-state index contributed by atoms with van der Waals surface area (Å²) in [6, 6.07) is 0. The number of hydrogen-bond acceptors (Lipinski definition) is 5. The van der Waals surface area contributed by atoms with E-state index >= 15 is 0 Å². The number of hydrogen-bond donors (Lipinski definition) is 1. The lowest BCUT2D eigenvalue weighted by atomic mass is 10.1. The fourth-order valence-electron chi connectivity index (χ4n) is 1.52. The lowest BCUT2D eigenvalue weighted by molar-refractivity contribution is -0.0839. The van der Waals surface area contributed by atoms with E-state index in [1.165, 1.54) is 11.8 Å². The van der Waals surface area contributed by atoms with Gasteiger partial charge in [0.05, 0.1) is 0 Å². The molecule has 1 N–H and O–H groups in total. The maximum absolute atomic E-state index is 10.3. The average molecular weight is 322 g/mol. The number of halogens is 3. The van der Waals surface area contributed by atoms with Crippen molar-refractivity contribution >= 4 is 51.7 Å². The molecule has 0 aromatic heterocycles. The Labute approximate surface area is 120 Å². The van der Waals surface area contributed by atoms with Crippen LogP contribution >= 0.6 is 46.6 Å². The number of thioether (sulfide) groups is 1. The van der Waals surface area contributed by atoms with E-state index in [9.17, 15) is 5.11 Å². The standard InChI is InChI=1S/C9H15Cl3N2O2S/c1-4-16-6-5-8(15,9(10,11)12)13-7(17-3)14(6)2/h6,15H,4-5H2,1-3H3. The summed E-state index contributed by atoms with van der Waals surface area (Å²) >= 11 is 18.7. The molecule has 0 amide bonds. The third-order valence-corrected chi connectivity index (χ3v) is 4.12. The fourth-order valence-corrected chi connectivity index (χ4v) is 2.52. The summed E-state index contributed by atoms with van der Waals surface area (Å²) in [4.78, 5) is 5.92. The zero-order valence-corrected chi connectivity index (χ0v) is 12.9. The van der Waals surface area contributed by atoms with Crippen molar-refractivity contribution in [2.75, 3.05) is 19.9 Å². The van der Waals surface area contributed by atoms with Gasteiger partial charge in [-0.15, -0.1) is 0 Å². The van der Waals surface area contributed by atoms with Crippen LogP contribution in [0.2, 0.25) is 0 Å². The molecule has 1 aliphatic rings. The predicted octanol–water partition coefficient (Wildman–Crippen LogP) is 2.46. The second-order valence-electron chi connectivity index (χ2n) is 3.64. The van der Waals surface area contributed by atoms with Crippen LogP contribution in [0.15, 0.2) is 4.99 Å². The van der Waals surface area contributed by atoms with Gasteiger partial charge in [0.25, 0.3) is 0 Å². The van der Waals surface area contributed by atoms with Crippen molar-refractivity contribution in [2.24, 2.45) is 4.99 Å². The second kappa shape index (κ2) is 5.72. The van der Waals surface area contributed by atoms with Crippen molar-refractivity contribution in [3.8, 4) is 0 Å². The molecule has 1 heterocycles. The predicted molar refractivity (Wildman–Crippen MR) is 74.0 cm³/mol. The van der Waals surface area contributed by atoms with E-state index in [0.29, 0.717) is 11.8 Å². The Hall–Kier alpha value is 0.610. The van der Waals surface area contributed by atoms with E-state index in [-0.39, 0.29) is 12.6 Å². The largest absolute Gasteiger partial charge is 0.366 e. The summed E-state index contributed by atoms with van der Waals surface area (Å²) in [7, 11) is 1.83. The molecule has 2 atom stereocenters. The smallest absolute Gasteiger partial charge is 0.239 e. The van der Waals surface area contributed by atoms with Crippen molar-refractivity contribution in [1.82, 2.24) is 4.90 Å². The zero-order chi connectivity index (χ0) is 13.3. The van der Waals surface area contributed by atoms with Crippen molar-refractivity contribution in [3.05, 3.63) is 0 Å². The summed E-state index contributed by atoms with van der Waals surface area (Å²) in [5, 5.41) is 10.9. The van der Waals surface area contributed by atoms with Crippen LogP contribution in [0.1, 0.15) is 13.3 Å². The highest BCUT2D eigenvalue weighted by Gasteiger charge is 2.52. The lowest BCUT2D eigenvalue weighted by Crippen LogP contribution is -2.54. The van der Waals surface area contributed by atoms with Crippen LogP contribution < -0.4 is 0 Å². The molecule has 0 saturated heterocycles. The van der Waals surface area contributed by atoms with Gasteiger partial charge in [-0.05, 0) is 13.2 Å². The Balaban J connectivity index is 3.06. The van der Waals surface area contributed by atoms with Gasteiger partial charge in [0.15, 0.2) is 5.17 Å². The molecule has 100 valence electrons. The highest BCUT2D eigenvalue weighted by atomic mass is 35.6. The van der Waals surface area contributed by atoms with Crippen LogP contribution in [-0.2, 0) is 4.74 Å². The molecular formula is C9H15Cl3N2O2S. The Bertz CT molecular complexity index is 311. The molecule has 17 heavy (non-hydrogen) atoms. The molecule has 0 aliphatic carbocycles. The van der Waals surface area contributed by atoms with E-state index in [0.717, 1.165) is 0 Å². The van der Waals surface area contributed by atoms with Crippen LogP contribution in [0.4, 0.5) is 0 Å². The maximum Gasteiger partial charge on any atom is 0.239 e. The van der Waals surface area contributed by atoms with Crippen LogP contribution in [0.5, 0.6) is 0 Å². The molecule has 1 aliphatic heterocycles. The molecule has 1 rings (SSSR count). The monoisotopic (exact) mass is 320 g/mol. The first-order valence-corrected chi connectivity index (χ1v) is 7.38. The molecule has 2 unspecified atom stereocenters. The summed E-state index contributed by atoms with van der Waals surface area (Å²) in [5.74, 6) is 0. The third-order valence-electron chi connectivity index (χ3n) is 2.47. The Morgan fingerprint density at radius 3 is 2.65 bits per heavy atom. The summed E-state index contributed by atoms with van der Waals surface area (Å²) < 4.78 is 3.63. The van der Waals surface area contributed by atoms with E-state index in [4.69, 9.17) is 39.5 Å². The van der Waals surface area contributed by atoms with Crippen molar-refractivity contribution < 1.29 is 9.84 Å². The quantitative estimate of drug-likeness (QED) is 0.794.